The topological polar surface area (TPSA) is 52.3 Å². The zero-order valence-corrected chi connectivity index (χ0v) is 17.3. The molecule has 0 radical (unpaired) electrons. The summed E-state index contributed by atoms with van der Waals surface area (Å²) in [5.74, 6) is 2.09. The average Bonchev–Trinajstić information content (AvgIpc) is 3.28. The number of carbonyl (C=O) groups is 1. The SMILES string of the molecule is Cc1ccc(C)n1-c1c(C(=O)N2CCCC(COc3ccccc3)C2)cnn1C. The molecule has 0 N–H and O–H groups in total. The summed E-state index contributed by atoms with van der Waals surface area (Å²) in [5.41, 5.74) is 2.83. The number of benzene rings is 1. The highest BCUT2D eigenvalue weighted by atomic mass is 16.5. The maximum absolute atomic E-state index is 13.4. The molecule has 3 aromatic rings. The number of ether oxygens (including phenoxy) is 1. The summed E-state index contributed by atoms with van der Waals surface area (Å²) >= 11 is 0. The van der Waals surface area contributed by atoms with Crippen LogP contribution in [0, 0.1) is 19.8 Å². The fraction of sp³-hybridized carbons (Fsp3) is 0.391. The third kappa shape index (κ3) is 3.92. The Balaban J connectivity index is 1.50. The zero-order chi connectivity index (χ0) is 20.4. The van der Waals surface area contributed by atoms with E-state index in [1.165, 1.54) is 0 Å². The third-order valence-corrected chi connectivity index (χ3v) is 5.66. The smallest absolute Gasteiger partial charge is 0.259 e. The molecular formula is C23H28N4O2. The van der Waals surface area contributed by atoms with Crippen LogP contribution in [0.3, 0.4) is 0 Å². The van der Waals surface area contributed by atoms with Crippen molar-refractivity contribution < 1.29 is 9.53 Å². The molecule has 4 rings (SSSR count). The Labute approximate surface area is 171 Å². The molecule has 1 aliphatic heterocycles. The van der Waals surface area contributed by atoms with E-state index in [-0.39, 0.29) is 5.91 Å². The van der Waals surface area contributed by atoms with Gasteiger partial charge in [-0.25, -0.2) is 0 Å². The zero-order valence-electron chi connectivity index (χ0n) is 17.3. The molecule has 2 aromatic heterocycles. The van der Waals surface area contributed by atoms with E-state index >= 15 is 0 Å². The van der Waals surface area contributed by atoms with Crippen LogP contribution in [0.15, 0.2) is 48.7 Å². The molecule has 0 bridgehead atoms. The van der Waals surface area contributed by atoms with Crippen molar-refractivity contribution in [3.63, 3.8) is 0 Å². The molecule has 1 aromatic carbocycles. The van der Waals surface area contributed by atoms with Crippen LogP contribution in [-0.4, -0.2) is 44.9 Å². The van der Waals surface area contributed by atoms with Crippen molar-refractivity contribution in [2.45, 2.75) is 26.7 Å². The normalized spacial score (nSPS) is 16.8. The van der Waals surface area contributed by atoms with Gasteiger partial charge in [-0.15, -0.1) is 0 Å². The predicted molar refractivity (Wildman–Crippen MR) is 113 cm³/mol. The number of hydrogen-bond acceptors (Lipinski definition) is 3. The molecule has 1 saturated heterocycles. The number of amides is 1. The minimum atomic E-state index is 0.0463. The van der Waals surface area contributed by atoms with Gasteiger partial charge in [-0.2, -0.15) is 5.10 Å². The Morgan fingerprint density at radius 3 is 2.59 bits per heavy atom. The first-order chi connectivity index (χ1) is 14.0. The molecule has 6 heteroatoms. The van der Waals surface area contributed by atoms with Crippen LogP contribution >= 0.6 is 0 Å². The maximum atomic E-state index is 13.4. The molecule has 6 nitrogen and oxygen atoms in total. The summed E-state index contributed by atoms with van der Waals surface area (Å²) < 4.78 is 9.82. The summed E-state index contributed by atoms with van der Waals surface area (Å²) in [4.78, 5) is 15.3. The van der Waals surface area contributed by atoms with Crippen LogP contribution < -0.4 is 4.74 Å². The molecule has 1 aliphatic rings. The molecule has 152 valence electrons. The van der Waals surface area contributed by atoms with Crippen molar-refractivity contribution in [3.8, 4) is 11.6 Å². The van der Waals surface area contributed by atoms with Crippen LogP contribution in [0.25, 0.3) is 5.82 Å². The van der Waals surface area contributed by atoms with Crippen molar-refractivity contribution in [1.82, 2.24) is 19.2 Å². The van der Waals surface area contributed by atoms with E-state index in [0.717, 1.165) is 42.3 Å². The highest BCUT2D eigenvalue weighted by Gasteiger charge is 2.28. The Bertz CT molecular complexity index is 970. The summed E-state index contributed by atoms with van der Waals surface area (Å²) in [6.07, 6.45) is 3.76. The number of carbonyl (C=O) groups excluding carboxylic acids is 1. The maximum Gasteiger partial charge on any atom is 0.259 e. The molecule has 1 amide bonds. The van der Waals surface area contributed by atoms with Crippen molar-refractivity contribution in [3.05, 3.63) is 65.6 Å². The van der Waals surface area contributed by atoms with Crippen LogP contribution in [0.1, 0.15) is 34.6 Å². The molecule has 3 heterocycles. The van der Waals surface area contributed by atoms with Crippen molar-refractivity contribution >= 4 is 5.91 Å². The van der Waals surface area contributed by atoms with Gasteiger partial charge in [0.25, 0.3) is 5.91 Å². The molecule has 29 heavy (non-hydrogen) atoms. The first-order valence-electron chi connectivity index (χ1n) is 10.2. The number of aryl methyl sites for hydroxylation is 3. The Morgan fingerprint density at radius 1 is 1.14 bits per heavy atom. The molecular weight excluding hydrogens is 364 g/mol. The standard InChI is InChI=1S/C23H28N4O2/c1-17-11-12-18(2)27(17)22-21(14-24-25(22)3)23(28)26-13-7-8-19(15-26)16-29-20-9-5-4-6-10-20/h4-6,9-12,14,19H,7-8,13,15-16H2,1-3H3. The summed E-state index contributed by atoms with van der Waals surface area (Å²) in [7, 11) is 1.89. The second kappa shape index (κ2) is 8.15. The Hall–Kier alpha value is -3.02. The number of piperidine rings is 1. The molecule has 0 aliphatic carbocycles. The molecule has 0 spiro atoms. The third-order valence-electron chi connectivity index (χ3n) is 5.66. The largest absolute Gasteiger partial charge is 0.493 e. The average molecular weight is 393 g/mol. The molecule has 1 unspecified atom stereocenters. The fourth-order valence-corrected chi connectivity index (χ4v) is 4.14. The monoisotopic (exact) mass is 392 g/mol. The van der Waals surface area contributed by atoms with E-state index in [2.05, 4.69) is 21.8 Å². The first-order valence-corrected chi connectivity index (χ1v) is 10.2. The summed E-state index contributed by atoms with van der Waals surface area (Å²) in [6.45, 7) is 6.21. The lowest BCUT2D eigenvalue weighted by Gasteiger charge is -2.32. The van der Waals surface area contributed by atoms with Crippen molar-refractivity contribution in [2.75, 3.05) is 19.7 Å². The molecule has 1 atom stereocenters. The van der Waals surface area contributed by atoms with E-state index in [1.807, 2.05) is 56.1 Å². The van der Waals surface area contributed by atoms with E-state index in [1.54, 1.807) is 10.9 Å². The minimum Gasteiger partial charge on any atom is -0.493 e. The van der Waals surface area contributed by atoms with Gasteiger partial charge in [-0.05, 0) is 51.0 Å². The number of rotatable bonds is 5. The van der Waals surface area contributed by atoms with Gasteiger partial charge in [0.2, 0.25) is 0 Å². The highest BCUT2D eigenvalue weighted by Crippen LogP contribution is 2.24. The van der Waals surface area contributed by atoms with Gasteiger partial charge in [0, 0.05) is 37.4 Å². The Morgan fingerprint density at radius 2 is 1.86 bits per heavy atom. The van der Waals surface area contributed by atoms with Crippen LogP contribution in [0.4, 0.5) is 0 Å². The quantitative estimate of drug-likeness (QED) is 0.664. The minimum absolute atomic E-state index is 0.0463. The first kappa shape index (κ1) is 19.3. The number of nitrogens with zero attached hydrogens (tertiary/aromatic N) is 4. The highest BCUT2D eigenvalue weighted by molar-refractivity contribution is 5.97. The van der Waals surface area contributed by atoms with Gasteiger partial charge in [-0.3, -0.25) is 9.48 Å². The van der Waals surface area contributed by atoms with Crippen molar-refractivity contribution in [1.29, 1.82) is 0 Å². The number of likely N-dealkylation sites (tertiary alicyclic amines) is 1. The second-order valence-electron chi connectivity index (χ2n) is 7.84. The lowest BCUT2D eigenvalue weighted by atomic mass is 9.98. The lowest BCUT2D eigenvalue weighted by molar-refractivity contribution is 0.0633. The fourth-order valence-electron chi connectivity index (χ4n) is 4.14. The van der Waals surface area contributed by atoms with Gasteiger partial charge >= 0.3 is 0 Å². The number of para-hydroxylation sites is 1. The van der Waals surface area contributed by atoms with E-state index in [0.29, 0.717) is 24.6 Å². The predicted octanol–water partition coefficient (Wildman–Crippen LogP) is 3.76. The summed E-state index contributed by atoms with van der Waals surface area (Å²) in [5, 5.41) is 4.39. The van der Waals surface area contributed by atoms with Crippen molar-refractivity contribution in [2.24, 2.45) is 13.0 Å². The number of aromatic nitrogens is 3. The van der Waals surface area contributed by atoms with Gasteiger partial charge < -0.3 is 14.2 Å². The van der Waals surface area contributed by atoms with Crippen LogP contribution in [0.2, 0.25) is 0 Å². The van der Waals surface area contributed by atoms with Crippen LogP contribution in [-0.2, 0) is 7.05 Å². The number of hydrogen-bond donors (Lipinski definition) is 0. The molecule has 0 saturated carbocycles. The molecule has 1 fully saturated rings. The van der Waals surface area contributed by atoms with Gasteiger partial charge in [0.05, 0.1) is 12.8 Å². The summed E-state index contributed by atoms with van der Waals surface area (Å²) in [6, 6.07) is 14.0. The van der Waals surface area contributed by atoms with Gasteiger partial charge in [-0.1, -0.05) is 18.2 Å². The van der Waals surface area contributed by atoms with Crippen LogP contribution in [0.5, 0.6) is 5.75 Å². The van der Waals surface area contributed by atoms with E-state index < -0.39 is 0 Å². The van der Waals surface area contributed by atoms with E-state index in [4.69, 9.17) is 4.74 Å². The lowest BCUT2D eigenvalue weighted by Crippen LogP contribution is -2.41. The second-order valence-corrected chi connectivity index (χ2v) is 7.84. The van der Waals surface area contributed by atoms with Gasteiger partial charge in [0.1, 0.15) is 17.1 Å². The Kier molecular flexibility index (Phi) is 5.43. The van der Waals surface area contributed by atoms with Gasteiger partial charge in [0.15, 0.2) is 0 Å². The van der Waals surface area contributed by atoms with E-state index in [9.17, 15) is 4.79 Å².